The molecule has 20 heavy (non-hydrogen) atoms. The molecular weight excluding hydrogens is 303 g/mol. The number of ether oxygens (including phenoxy) is 1. The number of nitrogens with zero attached hydrogens (tertiary/aromatic N) is 2. The summed E-state index contributed by atoms with van der Waals surface area (Å²) in [7, 11) is 1.35. The molecule has 0 aliphatic heterocycles. The first kappa shape index (κ1) is 13.4. The highest BCUT2D eigenvalue weighted by Crippen LogP contribution is 2.48. The number of benzene rings is 1. The Bertz CT molecular complexity index is 680. The Labute approximate surface area is 124 Å². The van der Waals surface area contributed by atoms with Gasteiger partial charge in [0.25, 0.3) is 0 Å². The molecule has 0 unspecified atom stereocenters. The fourth-order valence-corrected chi connectivity index (χ4v) is 2.29. The van der Waals surface area contributed by atoms with Gasteiger partial charge in [-0.1, -0.05) is 28.4 Å². The Hall–Kier alpha value is -1.59. The first-order chi connectivity index (χ1) is 9.56. The van der Waals surface area contributed by atoms with Crippen LogP contribution in [0.5, 0.6) is 0 Å². The van der Waals surface area contributed by atoms with Crippen LogP contribution in [0.25, 0.3) is 11.4 Å². The van der Waals surface area contributed by atoms with Crippen LogP contribution in [-0.4, -0.2) is 23.2 Å². The van der Waals surface area contributed by atoms with E-state index in [0.29, 0.717) is 34.3 Å². The van der Waals surface area contributed by atoms with Crippen molar-refractivity contribution in [2.24, 2.45) is 0 Å². The van der Waals surface area contributed by atoms with Crippen LogP contribution in [0, 0.1) is 0 Å². The van der Waals surface area contributed by atoms with E-state index in [2.05, 4.69) is 10.1 Å². The summed E-state index contributed by atoms with van der Waals surface area (Å²) in [5.74, 6) is 0.306. The highest BCUT2D eigenvalue weighted by molar-refractivity contribution is 6.42. The lowest BCUT2D eigenvalue weighted by molar-refractivity contribution is -0.144. The number of halogens is 2. The number of aromatic nitrogens is 2. The average molecular weight is 313 g/mol. The minimum absolute atomic E-state index is 0.283. The van der Waals surface area contributed by atoms with Crippen LogP contribution in [0.4, 0.5) is 0 Å². The maximum atomic E-state index is 11.8. The first-order valence-electron chi connectivity index (χ1n) is 5.95. The van der Waals surface area contributed by atoms with Crippen molar-refractivity contribution in [3.8, 4) is 11.4 Å². The Morgan fingerprint density at radius 1 is 1.35 bits per heavy atom. The minimum atomic E-state index is -0.768. The molecule has 3 rings (SSSR count). The summed E-state index contributed by atoms with van der Waals surface area (Å²) in [6.07, 6.45) is 1.31. The molecule has 1 saturated carbocycles. The lowest BCUT2D eigenvalue weighted by Gasteiger charge is -2.05. The molecular formula is C13H10Cl2N2O3. The maximum absolute atomic E-state index is 11.8. The number of methoxy groups -OCH3 is 1. The molecule has 2 aromatic rings. The second-order valence-corrected chi connectivity index (χ2v) is 5.44. The van der Waals surface area contributed by atoms with E-state index < -0.39 is 5.41 Å². The van der Waals surface area contributed by atoms with Gasteiger partial charge in [0.2, 0.25) is 11.7 Å². The van der Waals surface area contributed by atoms with Gasteiger partial charge in [0.15, 0.2) is 0 Å². The van der Waals surface area contributed by atoms with Crippen molar-refractivity contribution in [3.05, 3.63) is 34.1 Å². The highest BCUT2D eigenvalue weighted by Gasteiger charge is 2.57. The normalized spacial score (nSPS) is 15.9. The standard InChI is InChI=1S/C13H10Cl2N2O3/c1-19-12(18)13(4-5-13)11-16-10(17-20-11)7-2-3-8(14)9(15)6-7/h2-3,6H,4-5H2,1H3. The predicted molar refractivity (Wildman–Crippen MR) is 72.7 cm³/mol. The van der Waals surface area contributed by atoms with Crippen molar-refractivity contribution in [1.82, 2.24) is 10.1 Å². The van der Waals surface area contributed by atoms with Crippen molar-refractivity contribution in [3.63, 3.8) is 0 Å². The number of rotatable bonds is 3. The molecule has 0 radical (unpaired) electrons. The minimum Gasteiger partial charge on any atom is -0.468 e. The van der Waals surface area contributed by atoms with E-state index >= 15 is 0 Å². The molecule has 0 atom stereocenters. The molecule has 7 heteroatoms. The molecule has 0 spiro atoms. The fourth-order valence-electron chi connectivity index (χ4n) is 2.00. The van der Waals surface area contributed by atoms with Crippen molar-refractivity contribution < 1.29 is 14.1 Å². The van der Waals surface area contributed by atoms with E-state index in [9.17, 15) is 4.79 Å². The van der Waals surface area contributed by atoms with Gasteiger partial charge in [-0.15, -0.1) is 0 Å². The quantitative estimate of drug-likeness (QED) is 0.814. The fraction of sp³-hybridized carbons (Fsp3) is 0.308. The monoisotopic (exact) mass is 312 g/mol. The van der Waals surface area contributed by atoms with Gasteiger partial charge in [0.05, 0.1) is 17.2 Å². The van der Waals surface area contributed by atoms with Gasteiger partial charge < -0.3 is 9.26 Å². The molecule has 0 N–H and O–H groups in total. The zero-order valence-corrected chi connectivity index (χ0v) is 12.0. The Balaban J connectivity index is 1.94. The molecule has 1 aliphatic carbocycles. The third-order valence-corrected chi connectivity index (χ3v) is 4.08. The van der Waals surface area contributed by atoms with Gasteiger partial charge in [-0.25, -0.2) is 0 Å². The zero-order chi connectivity index (χ0) is 14.3. The third-order valence-electron chi connectivity index (χ3n) is 3.34. The van der Waals surface area contributed by atoms with Gasteiger partial charge >= 0.3 is 5.97 Å². The Kier molecular flexibility index (Phi) is 3.18. The molecule has 5 nitrogen and oxygen atoms in total. The molecule has 104 valence electrons. The summed E-state index contributed by atoms with van der Waals surface area (Å²) in [6.45, 7) is 0. The molecule has 0 saturated heterocycles. The molecule has 1 aromatic carbocycles. The summed E-state index contributed by atoms with van der Waals surface area (Å²) in [5, 5.41) is 4.74. The predicted octanol–water partition coefficient (Wildman–Crippen LogP) is 3.25. The second-order valence-electron chi connectivity index (χ2n) is 4.63. The third kappa shape index (κ3) is 2.07. The summed E-state index contributed by atoms with van der Waals surface area (Å²) in [6, 6.07) is 5.04. The van der Waals surface area contributed by atoms with E-state index in [1.54, 1.807) is 18.2 Å². The smallest absolute Gasteiger partial charge is 0.321 e. The molecule has 0 bridgehead atoms. The molecule has 1 fully saturated rings. The van der Waals surface area contributed by atoms with Crippen LogP contribution in [0.15, 0.2) is 22.7 Å². The lowest BCUT2D eigenvalue weighted by Crippen LogP contribution is -2.22. The van der Waals surface area contributed by atoms with Crippen LogP contribution in [0.2, 0.25) is 10.0 Å². The number of carbonyl (C=O) groups excluding carboxylic acids is 1. The van der Waals surface area contributed by atoms with Crippen molar-refractivity contribution in [2.75, 3.05) is 7.11 Å². The largest absolute Gasteiger partial charge is 0.468 e. The number of hydrogen-bond acceptors (Lipinski definition) is 5. The van der Waals surface area contributed by atoms with Crippen LogP contribution >= 0.6 is 23.2 Å². The van der Waals surface area contributed by atoms with Crippen molar-refractivity contribution >= 4 is 29.2 Å². The van der Waals surface area contributed by atoms with E-state index in [-0.39, 0.29) is 11.9 Å². The van der Waals surface area contributed by atoms with Crippen molar-refractivity contribution in [1.29, 1.82) is 0 Å². The number of esters is 1. The Morgan fingerprint density at radius 2 is 2.10 bits per heavy atom. The van der Waals surface area contributed by atoms with Crippen LogP contribution in [0.1, 0.15) is 18.7 Å². The second kappa shape index (κ2) is 4.75. The first-order valence-corrected chi connectivity index (χ1v) is 6.70. The number of hydrogen-bond donors (Lipinski definition) is 0. The van der Waals surface area contributed by atoms with Crippen LogP contribution in [-0.2, 0) is 14.9 Å². The van der Waals surface area contributed by atoms with Gasteiger partial charge in [0.1, 0.15) is 5.41 Å². The molecule has 1 aromatic heterocycles. The van der Waals surface area contributed by atoms with E-state index in [0.717, 1.165) is 0 Å². The summed E-state index contributed by atoms with van der Waals surface area (Å²) < 4.78 is 9.98. The molecule has 1 aliphatic rings. The van der Waals surface area contributed by atoms with E-state index in [1.165, 1.54) is 7.11 Å². The molecule has 1 heterocycles. The van der Waals surface area contributed by atoms with Gasteiger partial charge in [0, 0.05) is 5.56 Å². The van der Waals surface area contributed by atoms with Gasteiger partial charge in [-0.2, -0.15) is 4.98 Å². The van der Waals surface area contributed by atoms with Crippen molar-refractivity contribution in [2.45, 2.75) is 18.3 Å². The SMILES string of the molecule is COC(=O)C1(c2nc(-c3ccc(Cl)c(Cl)c3)no2)CC1. The summed E-state index contributed by atoms with van der Waals surface area (Å²) in [5.41, 5.74) is -0.0917. The summed E-state index contributed by atoms with van der Waals surface area (Å²) in [4.78, 5) is 16.0. The topological polar surface area (TPSA) is 65.2 Å². The average Bonchev–Trinajstić information content (AvgIpc) is 3.11. The molecule has 0 amide bonds. The number of carbonyl (C=O) groups is 1. The maximum Gasteiger partial charge on any atom is 0.321 e. The van der Waals surface area contributed by atoms with Crippen LogP contribution in [0.3, 0.4) is 0 Å². The Morgan fingerprint density at radius 3 is 2.70 bits per heavy atom. The van der Waals surface area contributed by atoms with E-state index in [1.807, 2.05) is 0 Å². The van der Waals surface area contributed by atoms with Gasteiger partial charge in [-0.3, -0.25) is 4.79 Å². The van der Waals surface area contributed by atoms with Crippen LogP contribution < -0.4 is 0 Å². The summed E-state index contributed by atoms with van der Waals surface area (Å²) >= 11 is 11.8. The zero-order valence-electron chi connectivity index (χ0n) is 10.5. The van der Waals surface area contributed by atoms with Gasteiger partial charge in [-0.05, 0) is 31.0 Å². The van der Waals surface area contributed by atoms with E-state index in [4.69, 9.17) is 32.5 Å². The highest BCUT2D eigenvalue weighted by atomic mass is 35.5. The lowest BCUT2D eigenvalue weighted by atomic mass is 10.1.